The first-order chi connectivity index (χ1) is 8.60. The molecule has 7 nitrogen and oxygen atoms in total. The van der Waals surface area contributed by atoms with Crippen LogP contribution in [0.4, 0.5) is 5.69 Å². The molecule has 1 rings (SSSR count). The first kappa shape index (κ1) is 14.5. The summed E-state index contributed by atoms with van der Waals surface area (Å²) in [6.45, 7) is 2.52. The minimum atomic E-state index is -0.585. The molecule has 0 fully saturated rings. The Hall–Kier alpha value is -1.60. The van der Waals surface area contributed by atoms with Crippen LogP contribution >= 0.6 is 0 Å². The van der Waals surface area contributed by atoms with Gasteiger partial charge in [0.05, 0.1) is 24.1 Å². The van der Waals surface area contributed by atoms with E-state index in [1.165, 1.54) is 7.11 Å². The van der Waals surface area contributed by atoms with Crippen LogP contribution in [0.3, 0.4) is 0 Å². The molecule has 0 bridgehead atoms. The largest absolute Gasteiger partial charge is 0.395 e. The Morgan fingerprint density at radius 3 is 2.94 bits per heavy atom. The van der Waals surface area contributed by atoms with Crippen molar-refractivity contribution >= 4 is 11.6 Å². The third kappa shape index (κ3) is 3.71. The number of hydrogen-bond acceptors (Lipinski definition) is 5. The van der Waals surface area contributed by atoms with Gasteiger partial charge in [0.2, 0.25) is 0 Å². The fourth-order valence-corrected chi connectivity index (χ4v) is 1.54. The monoisotopic (exact) mass is 256 g/mol. The maximum atomic E-state index is 11.7. The van der Waals surface area contributed by atoms with E-state index >= 15 is 0 Å². The maximum absolute atomic E-state index is 11.7. The van der Waals surface area contributed by atoms with Crippen LogP contribution < -0.4 is 11.1 Å². The lowest BCUT2D eigenvalue weighted by atomic mass is 10.2. The zero-order valence-electron chi connectivity index (χ0n) is 10.7. The highest BCUT2D eigenvalue weighted by Crippen LogP contribution is 2.13. The Morgan fingerprint density at radius 2 is 2.39 bits per heavy atom. The fraction of sp³-hybridized carbons (Fsp3) is 0.636. The molecular formula is C11H20N4O3. The van der Waals surface area contributed by atoms with E-state index in [1.54, 1.807) is 0 Å². The number of aromatic nitrogens is 2. The van der Waals surface area contributed by atoms with Gasteiger partial charge in [-0.3, -0.25) is 9.89 Å². The Kier molecular flexibility index (Phi) is 5.60. The Balaban J connectivity index is 2.43. The number of amides is 1. The number of aliphatic hydroxyl groups excluding tert-OH is 1. The molecule has 5 N–H and O–H groups in total. The summed E-state index contributed by atoms with van der Waals surface area (Å²) < 4.78 is 4.78. The van der Waals surface area contributed by atoms with Crippen LogP contribution in [0.2, 0.25) is 0 Å². The topological polar surface area (TPSA) is 113 Å². The van der Waals surface area contributed by atoms with Gasteiger partial charge in [-0.25, -0.2) is 0 Å². The summed E-state index contributed by atoms with van der Waals surface area (Å²) in [7, 11) is 1.51. The fourth-order valence-electron chi connectivity index (χ4n) is 1.54. The van der Waals surface area contributed by atoms with Crippen molar-refractivity contribution in [1.82, 2.24) is 15.5 Å². The number of hydrogen-bond donors (Lipinski definition) is 4. The summed E-state index contributed by atoms with van der Waals surface area (Å²) in [5.41, 5.74) is 7.10. The number of rotatable bonds is 7. The van der Waals surface area contributed by atoms with Gasteiger partial charge in [0, 0.05) is 13.7 Å². The molecular weight excluding hydrogens is 236 g/mol. The molecule has 1 aromatic rings. The highest BCUT2D eigenvalue weighted by atomic mass is 16.5. The van der Waals surface area contributed by atoms with Gasteiger partial charge in [0.1, 0.15) is 0 Å². The Bertz CT molecular complexity index is 392. The lowest BCUT2D eigenvalue weighted by Gasteiger charge is -2.09. The van der Waals surface area contributed by atoms with Crippen LogP contribution in [0.25, 0.3) is 0 Å². The number of anilines is 1. The van der Waals surface area contributed by atoms with Gasteiger partial charge >= 0.3 is 0 Å². The maximum Gasteiger partial charge on any atom is 0.273 e. The summed E-state index contributed by atoms with van der Waals surface area (Å²) in [6.07, 6.45) is 0.529. The molecule has 0 saturated carbocycles. The van der Waals surface area contributed by atoms with Crippen molar-refractivity contribution in [2.24, 2.45) is 0 Å². The van der Waals surface area contributed by atoms with Crippen molar-refractivity contribution in [2.45, 2.75) is 25.9 Å². The number of nitrogens with one attached hydrogen (secondary N) is 2. The van der Waals surface area contributed by atoms with Gasteiger partial charge in [-0.15, -0.1) is 0 Å². The molecule has 0 aliphatic rings. The van der Waals surface area contributed by atoms with Crippen LogP contribution in [0.1, 0.15) is 29.5 Å². The zero-order valence-corrected chi connectivity index (χ0v) is 10.7. The number of aromatic amines is 1. The van der Waals surface area contributed by atoms with Gasteiger partial charge in [0.25, 0.3) is 5.91 Å². The summed E-state index contributed by atoms with van der Waals surface area (Å²) in [5, 5.41) is 18.6. The first-order valence-electron chi connectivity index (χ1n) is 5.88. The third-order valence-electron chi connectivity index (χ3n) is 2.57. The highest BCUT2D eigenvalue weighted by molar-refractivity contribution is 5.97. The first-order valence-corrected chi connectivity index (χ1v) is 5.88. The molecule has 0 saturated heterocycles. The van der Waals surface area contributed by atoms with Crippen molar-refractivity contribution < 1.29 is 14.6 Å². The van der Waals surface area contributed by atoms with Crippen LogP contribution in [0, 0.1) is 0 Å². The van der Waals surface area contributed by atoms with E-state index in [4.69, 9.17) is 10.5 Å². The number of carbonyl (C=O) groups is 1. The molecule has 18 heavy (non-hydrogen) atoms. The third-order valence-corrected chi connectivity index (χ3v) is 2.57. The molecule has 1 atom stereocenters. The van der Waals surface area contributed by atoms with E-state index in [2.05, 4.69) is 15.5 Å². The minimum Gasteiger partial charge on any atom is -0.395 e. The molecule has 102 valence electrons. The predicted octanol–water partition coefficient (Wildman–Crippen LogP) is -0.318. The van der Waals surface area contributed by atoms with E-state index in [9.17, 15) is 9.90 Å². The summed E-state index contributed by atoms with van der Waals surface area (Å²) in [6, 6.07) is 0. The molecule has 1 heterocycles. The predicted molar refractivity (Wildman–Crippen MR) is 67.2 cm³/mol. The molecule has 0 radical (unpaired) electrons. The lowest BCUT2D eigenvalue weighted by molar-refractivity contribution is 0.0587. The van der Waals surface area contributed by atoms with Crippen LogP contribution in [0.15, 0.2) is 0 Å². The normalized spacial score (nSPS) is 12.4. The quantitative estimate of drug-likeness (QED) is 0.534. The Labute approximate surface area is 106 Å². The van der Waals surface area contributed by atoms with E-state index in [0.29, 0.717) is 25.1 Å². The summed E-state index contributed by atoms with van der Waals surface area (Å²) in [5.74, 6) is -0.340. The van der Waals surface area contributed by atoms with Gasteiger partial charge in [0.15, 0.2) is 5.69 Å². The Morgan fingerprint density at radius 1 is 1.67 bits per heavy atom. The number of H-pyrrole nitrogens is 1. The number of nitrogen functional groups attached to an aromatic ring is 1. The average molecular weight is 256 g/mol. The van der Waals surface area contributed by atoms with E-state index in [-0.39, 0.29) is 18.2 Å². The van der Waals surface area contributed by atoms with E-state index in [1.807, 2.05) is 6.92 Å². The number of nitrogens with zero attached hydrogens (tertiary/aromatic N) is 1. The molecule has 1 amide bonds. The molecule has 0 aliphatic heterocycles. The molecule has 0 spiro atoms. The molecule has 0 aliphatic carbocycles. The minimum absolute atomic E-state index is 0.202. The van der Waals surface area contributed by atoms with Gasteiger partial charge in [-0.1, -0.05) is 6.92 Å². The second-order valence-electron chi connectivity index (χ2n) is 3.97. The van der Waals surface area contributed by atoms with Gasteiger partial charge < -0.3 is 20.9 Å². The van der Waals surface area contributed by atoms with E-state index < -0.39 is 6.10 Å². The molecule has 0 aromatic carbocycles. The average Bonchev–Trinajstić information content (AvgIpc) is 2.70. The van der Waals surface area contributed by atoms with Crippen molar-refractivity contribution in [3.05, 3.63) is 11.4 Å². The number of aryl methyl sites for hydroxylation is 1. The van der Waals surface area contributed by atoms with Crippen molar-refractivity contribution in [3.8, 4) is 0 Å². The SMILES string of the molecule is CCc1[nH]nc(C(=O)NCCC(O)COC)c1N. The second-order valence-corrected chi connectivity index (χ2v) is 3.97. The highest BCUT2D eigenvalue weighted by Gasteiger charge is 2.16. The number of methoxy groups -OCH3 is 1. The number of ether oxygens (including phenoxy) is 1. The van der Waals surface area contributed by atoms with Gasteiger partial charge in [-0.05, 0) is 12.8 Å². The smallest absolute Gasteiger partial charge is 0.273 e. The van der Waals surface area contributed by atoms with Gasteiger partial charge in [-0.2, -0.15) is 5.10 Å². The number of aliphatic hydroxyl groups is 1. The zero-order chi connectivity index (χ0) is 13.5. The number of nitrogens with two attached hydrogens (primary N) is 1. The van der Waals surface area contributed by atoms with Crippen LogP contribution in [-0.2, 0) is 11.2 Å². The van der Waals surface area contributed by atoms with Crippen molar-refractivity contribution in [2.75, 3.05) is 26.0 Å². The van der Waals surface area contributed by atoms with Crippen molar-refractivity contribution in [3.63, 3.8) is 0 Å². The number of carbonyl (C=O) groups excluding carboxylic acids is 1. The molecule has 7 heteroatoms. The van der Waals surface area contributed by atoms with Crippen molar-refractivity contribution in [1.29, 1.82) is 0 Å². The lowest BCUT2D eigenvalue weighted by Crippen LogP contribution is -2.29. The summed E-state index contributed by atoms with van der Waals surface area (Å²) in [4.78, 5) is 11.7. The molecule has 1 unspecified atom stereocenters. The van der Waals surface area contributed by atoms with Crippen LogP contribution in [0.5, 0.6) is 0 Å². The summed E-state index contributed by atoms with van der Waals surface area (Å²) >= 11 is 0. The van der Waals surface area contributed by atoms with E-state index in [0.717, 1.165) is 5.69 Å². The van der Waals surface area contributed by atoms with Crippen LogP contribution in [-0.4, -0.2) is 47.6 Å². The standard InChI is InChI=1S/C11H20N4O3/c1-3-8-9(12)10(15-14-8)11(17)13-5-4-7(16)6-18-2/h7,16H,3-6,12H2,1-2H3,(H,13,17)(H,14,15). The molecule has 1 aromatic heterocycles. The second kappa shape index (κ2) is 6.97.